The van der Waals surface area contributed by atoms with Crippen LogP contribution in [0.15, 0.2) is 47.3 Å². The number of fused-ring (bicyclic) bond motifs is 2. The van der Waals surface area contributed by atoms with Gasteiger partial charge in [-0.3, -0.25) is 9.59 Å². The maximum Gasteiger partial charge on any atom is 0.586 e. The summed E-state index contributed by atoms with van der Waals surface area (Å²) in [5, 5.41) is 6.48. The van der Waals surface area contributed by atoms with Crippen LogP contribution >= 0.6 is 11.6 Å². The first-order valence-corrected chi connectivity index (χ1v) is 12.1. The van der Waals surface area contributed by atoms with E-state index in [2.05, 4.69) is 19.9 Å². The molecule has 1 atom stereocenters. The Balaban J connectivity index is 1.41. The number of esters is 1. The Morgan fingerprint density at radius 1 is 1.08 bits per heavy atom. The largest absolute Gasteiger partial charge is 0.586 e. The molecular weight excluding hydrogens is 540 g/mol. The third-order valence-corrected chi connectivity index (χ3v) is 6.18. The predicted octanol–water partition coefficient (Wildman–Crippen LogP) is 4.45. The molecular formula is C26H22ClF2N3O7. The zero-order valence-corrected chi connectivity index (χ0v) is 21.9. The summed E-state index contributed by atoms with van der Waals surface area (Å²) >= 11 is 6.15. The molecule has 2 aliphatic heterocycles. The van der Waals surface area contributed by atoms with Crippen molar-refractivity contribution in [2.75, 3.05) is 11.9 Å². The van der Waals surface area contributed by atoms with E-state index >= 15 is 0 Å². The topological polar surface area (TPSA) is 118 Å². The van der Waals surface area contributed by atoms with Gasteiger partial charge in [-0.15, -0.1) is 8.78 Å². The van der Waals surface area contributed by atoms with Gasteiger partial charge in [0.1, 0.15) is 29.1 Å². The maximum absolute atomic E-state index is 13.5. The van der Waals surface area contributed by atoms with E-state index in [1.807, 2.05) is 0 Å². The van der Waals surface area contributed by atoms with Crippen LogP contribution in [0, 0.1) is 0 Å². The lowest BCUT2D eigenvalue weighted by molar-refractivity contribution is -0.286. The molecule has 0 fully saturated rings. The van der Waals surface area contributed by atoms with Gasteiger partial charge in [0.05, 0.1) is 11.3 Å². The van der Waals surface area contributed by atoms with Gasteiger partial charge in [-0.1, -0.05) is 11.6 Å². The number of nitrogens with one attached hydrogen (secondary N) is 1. The number of hydrogen-bond acceptors (Lipinski definition) is 8. The molecule has 3 heterocycles. The number of nitrogens with zero attached hydrogens (tertiary/aromatic N) is 2. The smallest absolute Gasteiger partial charge is 0.492 e. The number of benzene rings is 2. The van der Waals surface area contributed by atoms with Crippen LogP contribution in [0.4, 0.5) is 14.5 Å². The minimum atomic E-state index is -3.83. The fourth-order valence-electron chi connectivity index (χ4n) is 4.08. The number of halogens is 3. The lowest BCUT2D eigenvalue weighted by Crippen LogP contribution is -2.40. The summed E-state index contributed by atoms with van der Waals surface area (Å²) in [6.07, 6.45) is -3.83. The van der Waals surface area contributed by atoms with Crippen LogP contribution < -0.4 is 25.1 Å². The highest BCUT2D eigenvalue weighted by molar-refractivity contribution is 6.29. The highest BCUT2D eigenvalue weighted by Crippen LogP contribution is 2.50. The Hall–Kier alpha value is -4.19. The number of alkyl halides is 2. The van der Waals surface area contributed by atoms with Crippen molar-refractivity contribution in [3.05, 3.63) is 69.1 Å². The number of amides is 1. The van der Waals surface area contributed by atoms with Crippen molar-refractivity contribution in [2.45, 2.75) is 45.0 Å². The third-order valence-electron chi connectivity index (χ3n) is 5.99. The minimum Gasteiger partial charge on any atom is -0.492 e. The van der Waals surface area contributed by atoms with E-state index < -0.39 is 34.7 Å². The molecule has 10 nitrogen and oxygen atoms in total. The fraction of sp³-hybridized carbons (Fsp3) is 0.308. The van der Waals surface area contributed by atoms with Crippen molar-refractivity contribution < 1.29 is 37.3 Å². The molecule has 0 saturated heterocycles. The third kappa shape index (κ3) is 4.99. The molecule has 1 amide bonds. The van der Waals surface area contributed by atoms with Crippen molar-refractivity contribution in [1.82, 2.24) is 9.78 Å². The van der Waals surface area contributed by atoms with E-state index in [0.717, 1.165) is 4.68 Å². The van der Waals surface area contributed by atoms with Gasteiger partial charge in [0, 0.05) is 17.7 Å². The average Bonchev–Trinajstić information content (AvgIpc) is 3.33. The average molecular weight is 562 g/mol. The van der Waals surface area contributed by atoms with E-state index in [1.165, 1.54) is 49.4 Å². The molecule has 3 aromatic rings. The number of anilines is 1. The molecule has 204 valence electrons. The number of carbonyl (C=O) groups is 2. The molecule has 2 aliphatic rings. The van der Waals surface area contributed by atoms with Crippen LogP contribution in [0.5, 0.6) is 17.2 Å². The summed E-state index contributed by atoms with van der Waals surface area (Å²) in [7, 11) is 0. The van der Waals surface area contributed by atoms with Gasteiger partial charge in [-0.2, -0.15) is 9.78 Å². The van der Waals surface area contributed by atoms with Gasteiger partial charge >= 0.3 is 12.3 Å². The second kappa shape index (κ2) is 8.94. The first-order valence-electron chi connectivity index (χ1n) is 11.7. The van der Waals surface area contributed by atoms with E-state index in [1.54, 1.807) is 20.8 Å². The van der Waals surface area contributed by atoms with Gasteiger partial charge < -0.3 is 24.3 Å². The lowest BCUT2D eigenvalue weighted by Gasteiger charge is -2.22. The maximum atomic E-state index is 13.5. The summed E-state index contributed by atoms with van der Waals surface area (Å²) < 4.78 is 47.8. The molecule has 0 spiro atoms. The molecule has 0 saturated carbocycles. The van der Waals surface area contributed by atoms with E-state index in [4.69, 9.17) is 21.1 Å². The van der Waals surface area contributed by atoms with E-state index in [-0.39, 0.29) is 51.5 Å². The summed E-state index contributed by atoms with van der Waals surface area (Å²) in [5.41, 5.74) is -2.11. The second-order valence-corrected chi connectivity index (χ2v) is 10.6. The van der Waals surface area contributed by atoms with Gasteiger partial charge in [0.15, 0.2) is 16.7 Å². The molecule has 1 N–H and O–H groups in total. The molecule has 1 aromatic heterocycles. The van der Waals surface area contributed by atoms with Crippen molar-refractivity contribution >= 4 is 29.2 Å². The van der Waals surface area contributed by atoms with Crippen LogP contribution in [0.25, 0.3) is 5.69 Å². The standard InChI is InChI=1S/C26H22ClF2N3O7/c1-24(2,3)39-22(34)13-5-7-14(8-6-13)32-21(33)16(10-20(27)31-32)30-23(35)25(4)12-36-17-11-19-18(9-15(17)25)37-26(28,29)38-19/h5-11H,12H2,1-4H3,(H,30,35)/t25-/m1/s1. The summed E-state index contributed by atoms with van der Waals surface area (Å²) in [5.74, 6) is -1.48. The van der Waals surface area contributed by atoms with Crippen LogP contribution in [0.1, 0.15) is 43.6 Å². The minimum absolute atomic E-state index is 0.0973. The van der Waals surface area contributed by atoms with Gasteiger partial charge in [0.25, 0.3) is 5.56 Å². The highest BCUT2D eigenvalue weighted by Gasteiger charge is 2.49. The fourth-order valence-corrected chi connectivity index (χ4v) is 4.27. The Labute approximate surface area is 225 Å². The predicted molar refractivity (Wildman–Crippen MR) is 134 cm³/mol. The molecule has 0 radical (unpaired) electrons. The molecule has 13 heteroatoms. The van der Waals surface area contributed by atoms with Crippen molar-refractivity contribution in [2.24, 2.45) is 0 Å². The first kappa shape index (κ1) is 26.4. The van der Waals surface area contributed by atoms with Crippen molar-refractivity contribution in [1.29, 1.82) is 0 Å². The summed E-state index contributed by atoms with van der Waals surface area (Å²) in [6.45, 7) is 6.63. The number of rotatable bonds is 4. The van der Waals surface area contributed by atoms with Gasteiger partial charge in [-0.05, 0) is 58.0 Å². The van der Waals surface area contributed by atoms with Crippen LogP contribution in [0.3, 0.4) is 0 Å². The normalized spacial score (nSPS) is 18.7. The van der Waals surface area contributed by atoms with Crippen molar-refractivity contribution in [3.63, 3.8) is 0 Å². The summed E-state index contributed by atoms with van der Waals surface area (Å²) in [4.78, 5) is 38.9. The molecule has 0 unspecified atom stereocenters. The van der Waals surface area contributed by atoms with Gasteiger partial charge in [-0.25, -0.2) is 4.79 Å². The van der Waals surface area contributed by atoms with Gasteiger partial charge in [0.2, 0.25) is 5.91 Å². The zero-order chi connectivity index (χ0) is 28.3. The second-order valence-electron chi connectivity index (χ2n) is 10.2. The monoisotopic (exact) mass is 561 g/mol. The van der Waals surface area contributed by atoms with Crippen molar-refractivity contribution in [3.8, 4) is 22.9 Å². The Morgan fingerprint density at radius 3 is 2.36 bits per heavy atom. The quantitative estimate of drug-likeness (QED) is 0.464. The Bertz CT molecular complexity index is 1570. The zero-order valence-electron chi connectivity index (χ0n) is 21.1. The Morgan fingerprint density at radius 2 is 1.72 bits per heavy atom. The van der Waals surface area contributed by atoms with E-state index in [0.29, 0.717) is 0 Å². The SMILES string of the molecule is CC(C)(C)OC(=O)c1ccc(-n2nc(Cl)cc(NC(=O)[C@]3(C)COc4cc5c(cc43)OC(F)(F)O5)c2=O)cc1. The number of carbonyl (C=O) groups excluding carboxylic acids is 2. The molecule has 2 aromatic carbocycles. The molecule has 0 bridgehead atoms. The Kier molecular flexibility index (Phi) is 6.06. The van der Waals surface area contributed by atoms with E-state index in [9.17, 15) is 23.2 Å². The highest BCUT2D eigenvalue weighted by atomic mass is 35.5. The number of hydrogen-bond donors (Lipinski definition) is 1. The van der Waals surface area contributed by atoms with Crippen LogP contribution in [-0.4, -0.2) is 40.2 Å². The van der Waals surface area contributed by atoms with Crippen LogP contribution in [0.2, 0.25) is 5.15 Å². The number of aromatic nitrogens is 2. The molecule has 0 aliphatic carbocycles. The molecule has 5 rings (SSSR count). The van der Waals surface area contributed by atoms with Crippen LogP contribution in [-0.2, 0) is 14.9 Å². The first-order chi connectivity index (χ1) is 18.1. The summed E-state index contributed by atoms with van der Waals surface area (Å²) in [6, 6.07) is 9.57. The lowest BCUT2D eigenvalue weighted by atomic mass is 9.83. The molecule has 39 heavy (non-hydrogen) atoms. The number of ether oxygens (including phenoxy) is 4.